The van der Waals surface area contributed by atoms with E-state index in [-0.39, 0.29) is 35.6 Å². The molecule has 0 radical (unpaired) electrons. The van der Waals surface area contributed by atoms with Crippen molar-refractivity contribution >= 4 is 35.8 Å². The Kier molecular flexibility index (Phi) is 9.41. The van der Waals surface area contributed by atoms with Gasteiger partial charge in [0.05, 0.1) is 13.1 Å². The van der Waals surface area contributed by atoms with Crippen LogP contribution in [0, 0.1) is 5.82 Å². The second-order valence-corrected chi connectivity index (χ2v) is 7.31. The number of carbonyl (C=O) groups excluding carboxylic acids is 1. The molecule has 0 saturated carbocycles. The van der Waals surface area contributed by atoms with E-state index in [1.54, 1.807) is 6.07 Å². The highest BCUT2D eigenvalue weighted by Gasteiger charge is 2.24. The lowest BCUT2D eigenvalue weighted by Gasteiger charge is -2.36. The Balaban J connectivity index is 0.00000300. The Morgan fingerprint density at radius 2 is 1.83 bits per heavy atom. The number of likely N-dealkylation sites (tertiary alicyclic amines) is 1. The van der Waals surface area contributed by atoms with Crippen molar-refractivity contribution < 1.29 is 14.3 Å². The molecule has 2 saturated heterocycles. The molecule has 0 spiro atoms. The van der Waals surface area contributed by atoms with Gasteiger partial charge in [-0.3, -0.25) is 9.69 Å². The molecule has 7 nitrogen and oxygen atoms in total. The first-order chi connectivity index (χ1) is 13.6. The number of aliphatic imine (C=N–C) groups is 1. The number of rotatable bonds is 5. The van der Waals surface area contributed by atoms with Gasteiger partial charge in [0.2, 0.25) is 5.91 Å². The second-order valence-electron chi connectivity index (χ2n) is 7.31. The van der Waals surface area contributed by atoms with Crippen LogP contribution in [0.2, 0.25) is 0 Å². The van der Waals surface area contributed by atoms with Crippen molar-refractivity contribution in [1.82, 2.24) is 20.0 Å². The summed E-state index contributed by atoms with van der Waals surface area (Å²) in [6, 6.07) is 4.33. The summed E-state index contributed by atoms with van der Waals surface area (Å²) in [5.41, 5.74) is 0.709. The second kappa shape index (κ2) is 11.5. The number of phenolic OH excluding ortho intramolecular Hbond substituents is 1. The minimum Gasteiger partial charge on any atom is -0.505 e. The Hall–Kier alpha value is -1.62. The van der Waals surface area contributed by atoms with Crippen LogP contribution in [0.4, 0.5) is 4.39 Å². The van der Waals surface area contributed by atoms with Crippen LogP contribution in [-0.4, -0.2) is 84.0 Å². The number of benzene rings is 1. The molecule has 0 aromatic heterocycles. The lowest BCUT2D eigenvalue weighted by atomic mass is 10.2. The van der Waals surface area contributed by atoms with E-state index in [4.69, 9.17) is 0 Å². The first-order valence-electron chi connectivity index (χ1n) is 10.1. The maximum atomic E-state index is 13.5. The van der Waals surface area contributed by atoms with Crippen LogP contribution in [-0.2, 0) is 11.3 Å². The number of amides is 1. The molecule has 2 aliphatic rings. The number of phenols is 1. The summed E-state index contributed by atoms with van der Waals surface area (Å²) in [5.74, 6) is 0.0515. The number of halogens is 2. The molecule has 2 aliphatic heterocycles. The highest BCUT2D eigenvalue weighted by atomic mass is 127. The molecule has 1 amide bonds. The molecule has 0 aliphatic carbocycles. The summed E-state index contributed by atoms with van der Waals surface area (Å²) < 4.78 is 13.5. The van der Waals surface area contributed by atoms with Gasteiger partial charge < -0.3 is 20.2 Å². The van der Waals surface area contributed by atoms with E-state index in [9.17, 15) is 14.3 Å². The first-order valence-corrected chi connectivity index (χ1v) is 10.1. The average Bonchev–Trinajstić information content (AvgIpc) is 3.23. The number of hydrogen-bond acceptors (Lipinski definition) is 4. The molecule has 0 bridgehead atoms. The third kappa shape index (κ3) is 6.70. The Morgan fingerprint density at radius 3 is 2.45 bits per heavy atom. The quantitative estimate of drug-likeness (QED) is 0.353. The first kappa shape index (κ1) is 23.7. The molecule has 162 valence electrons. The normalized spacial score (nSPS) is 17.9. The van der Waals surface area contributed by atoms with E-state index in [1.807, 2.05) is 11.8 Å². The Morgan fingerprint density at radius 1 is 1.14 bits per heavy atom. The zero-order chi connectivity index (χ0) is 19.9. The van der Waals surface area contributed by atoms with Crippen molar-refractivity contribution in [3.8, 4) is 5.75 Å². The van der Waals surface area contributed by atoms with Gasteiger partial charge in [-0.2, -0.15) is 0 Å². The number of hydrogen-bond donors (Lipinski definition) is 2. The third-order valence-corrected chi connectivity index (χ3v) is 5.25. The van der Waals surface area contributed by atoms with Gasteiger partial charge in [-0.25, -0.2) is 9.38 Å². The van der Waals surface area contributed by atoms with Gasteiger partial charge in [-0.1, -0.05) is 6.07 Å². The lowest BCUT2D eigenvalue weighted by Crippen LogP contribution is -2.54. The predicted molar refractivity (Wildman–Crippen MR) is 122 cm³/mol. The van der Waals surface area contributed by atoms with Crippen LogP contribution in [0.5, 0.6) is 5.75 Å². The Labute approximate surface area is 189 Å². The molecular weight excluding hydrogens is 488 g/mol. The van der Waals surface area contributed by atoms with Crippen molar-refractivity contribution in [1.29, 1.82) is 0 Å². The van der Waals surface area contributed by atoms with Crippen molar-refractivity contribution in [2.45, 2.75) is 26.3 Å². The molecule has 0 unspecified atom stereocenters. The fourth-order valence-corrected chi connectivity index (χ4v) is 3.62. The van der Waals surface area contributed by atoms with Gasteiger partial charge in [0.25, 0.3) is 0 Å². The molecule has 0 atom stereocenters. The van der Waals surface area contributed by atoms with Crippen LogP contribution in [0.25, 0.3) is 0 Å². The standard InChI is InChI=1S/C20H30FN5O2.HI/c1-2-22-20(23-14-16-5-6-18(27)17(21)13-16)26-11-9-24(10-12-26)15-19(28)25-7-3-4-8-25;/h5-6,13,27H,2-4,7-12,14-15H2,1H3,(H,22,23);1H. The van der Waals surface area contributed by atoms with Crippen molar-refractivity contribution in [3.05, 3.63) is 29.6 Å². The summed E-state index contributed by atoms with van der Waals surface area (Å²) in [6.45, 7) is 8.61. The largest absolute Gasteiger partial charge is 0.505 e. The summed E-state index contributed by atoms with van der Waals surface area (Å²) >= 11 is 0. The smallest absolute Gasteiger partial charge is 0.236 e. The Bertz CT molecular complexity index is 704. The molecule has 1 aromatic rings. The van der Waals surface area contributed by atoms with Crippen LogP contribution < -0.4 is 5.32 Å². The molecular formula is C20H31FIN5O2. The molecule has 3 rings (SSSR count). The van der Waals surface area contributed by atoms with Gasteiger partial charge in [0.15, 0.2) is 17.5 Å². The van der Waals surface area contributed by atoms with Gasteiger partial charge >= 0.3 is 0 Å². The summed E-state index contributed by atoms with van der Waals surface area (Å²) in [5, 5.41) is 12.6. The highest BCUT2D eigenvalue weighted by Crippen LogP contribution is 2.17. The third-order valence-electron chi connectivity index (χ3n) is 5.25. The number of guanidine groups is 1. The topological polar surface area (TPSA) is 71.4 Å². The maximum Gasteiger partial charge on any atom is 0.236 e. The summed E-state index contributed by atoms with van der Waals surface area (Å²) in [4.78, 5) is 23.3. The van der Waals surface area contributed by atoms with Crippen molar-refractivity contribution in [2.24, 2.45) is 4.99 Å². The summed E-state index contributed by atoms with van der Waals surface area (Å²) in [7, 11) is 0. The molecule has 2 fully saturated rings. The van der Waals surface area contributed by atoms with Crippen LogP contribution >= 0.6 is 24.0 Å². The predicted octanol–water partition coefficient (Wildman–Crippen LogP) is 1.85. The molecule has 1 aromatic carbocycles. The monoisotopic (exact) mass is 519 g/mol. The van der Waals surface area contributed by atoms with E-state index < -0.39 is 5.82 Å². The number of piperazine rings is 1. The summed E-state index contributed by atoms with van der Waals surface area (Å²) in [6.07, 6.45) is 2.24. The van der Waals surface area contributed by atoms with Gasteiger partial charge in [0, 0.05) is 45.8 Å². The van der Waals surface area contributed by atoms with E-state index in [1.165, 1.54) is 12.1 Å². The number of nitrogens with one attached hydrogen (secondary N) is 1. The van der Waals surface area contributed by atoms with Crippen molar-refractivity contribution in [3.63, 3.8) is 0 Å². The molecule has 2 heterocycles. The zero-order valence-corrected chi connectivity index (χ0v) is 19.3. The maximum absolute atomic E-state index is 13.5. The molecule has 29 heavy (non-hydrogen) atoms. The van der Waals surface area contributed by atoms with Crippen LogP contribution in [0.15, 0.2) is 23.2 Å². The lowest BCUT2D eigenvalue weighted by molar-refractivity contribution is -0.131. The number of nitrogens with zero attached hydrogens (tertiary/aromatic N) is 4. The van der Waals surface area contributed by atoms with E-state index >= 15 is 0 Å². The fourth-order valence-electron chi connectivity index (χ4n) is 3.62. The number of carbonyl (C=O) groups is 1. The highest BCUT2D eigenvalue weighted by molar-refractivity contribution is 14.0. The minimum absolute atomic E-state index is 0. The van der Waals surface area contributed by atoms with Crippen molar-refractivity contribution in [2.75, 3.05) is 52.4 Å². The molecule has 9 heteroatoms. The van der Waals surface area contributed by atoms with Gasteiger partial charge in [-0.05, 0) is 37.5 Å². The fraction of sp³-hybridized carbons (Fsp3) is 0.600. The number of aromatic hydroxyl groups is 1. The van der Waals surface area contributed by atoms with Gasteiger partial charge in [0.1, 0.15) is 0 Å². The minimum atomic E-state index is -0.631. The van der Waals surface area contributed by atoms with Crippen LogP contribution in [0.1, 0.15) is 25.3 Å². The van der Waals surface area contributed by atoms with E-state index in [0.29, 0.717) is 18.7 Å². The van der Waals surface area contributed by atoms with Gasteiger partial charge in [-0.15, -0.1) is 24.0 Å². The van der Waals surface area contributed by atoms with E-state index in [2.05, 4.69) is 20.1 Å². The van der Waals surface area contributed by atoms with E-state index in [0.717, 1.165) is 64.6 Å². The SMILES string of the molecule is CCNC(=NCc1ccc(O)c(F)c1)N1CCN(CC(=O)N2CCCC2)CC1.I. The zero-order valence-electron chi connectivity index (χ0n) is 16.9. The molecule has 2 N–H and O–H groups in total. The average molecular weight is 519 g/mol. The van der Waals surface area contributed by atoms with Crippen LogP contribution in [0.3, 0.4) is 0 Å².